The molecule has 7 heteroatoms. The van der Waals surface area contributed by atoms with Crippen LogP contribution in [-0.2, 0) is 19.6 Å². The van der Waals surface area contributed by atoms with E-state index in [-0.39, 0.29) is 16.7 Å². The molecule has 1 aromatic rings. The van der Waals surface area contributed by atoms with Crippen LogP contribution in [-0.4, -0.2) is 51.6 Å². The van der Waals surface area contributed by atoms with Crippen molar-refractivity contribution in [3.05, 3.63) is 30.3 Å². The molecule has 1 N–H and O–H groups in total. The topological polar surface area (TPSA) is 75.7 Å². The molecule has 1 saturated heterocycles. The number of ether oxygens (including phenoxy) is 1. The average Bonchev–Trinajstić information content (AvgIpc) is 2.54. The zero-order valence-corrected chi connectivity index (χ0v) is 14.4. The van der Waals surface area contributed by atoms with E-state index in [1.54, 1.807) is 23.1 Å². The van der Waals surface area contributed by atoms with Gasteiger partial charge in [-0.1, -0.05) is 32.0 Å². The van der Waals surface area contributed by atoms with Gasteiger partial charge >= 0.3 is 0 Å². The van der Waals surface area contributed by atoms with Gasteiger partial charge in [-0.05, 0) is 24.5 Å². The summed E-state index contributed by atoms with van der Waals surface area (Å²) in [6.07, 6.45) is 0.461. The van der Waals surface area contributed by atoms with E-state index in [4.69, 9.17) is 4.74 Å². The lowest BCUT2D eigenvalue weighted by Crippen LogP contribution is -2.52. The summed E-state index contributed by atoms with van der Waals surface area (Å²) in [4.78, 5) is 14.5. The van der Waals surface area contributed by atoms with Gasteiger partial charge in [0.1, 0.15) is 6.04 Å². The number of rotatable bonds is 6. The third-order valence-electron chi connectivity index (χ3n) is 3.68. The Morgan fingerprint density at radius 3 is 2.39 bits per heavy atom. The van der Waals surface area contributed by atoms with Crippen LogP contribution in [0.2, 0.25) is 0 Å². The van der Waals surface area contributed by atoms with E-state index in [0.29, 0.717) is 32.7 Å². The SMILES string of the molecule is CC(C)C[C@@H](NS(=O)(=O)c1ccccc1)C(=O)N1CCOCC1. The van der Waals surface area contributed by atoms with Crippen molar-refractivity contribution in [3.63, 3.8) is 0 Å². The van der Waals surface area contributed by atoms with Crippen molar-refractivity contribution in [1.82, 2.24) is 9.62 Å². The van der Waals surface area contributed by atoms with Crippen LogP contribution in [0, 0.1) is 5.92 Å². The van der Waals surface area contributed by atoms with Gasteiger partial charge in [0.05, 0.1) is 18.1 Å². The first-order valence-corrected chi connectivity index (χ1v) is 9.32. The smallest absolute Gasteiger partial charge is 0.241 e. The molecule has 0 spiro atoms. The van der Waals surface area contributed by atoms with E-state index in [1.807, 2.05) is 13.8 Å². The Morgan fingerprint density at radius 1 is 1.22 bits per heavy atom. The quantitative estimate of drug-likeness (QED) is 0.845. The zero-order valence-electron chi connectivity index (χ0n) is 13.6. The molecule has 0 aliphatic carbocycles. The Labute approximate surface area is 137 Å². The molecule has 2 rings (SSSR count). The van der Waals surface area contributed by atoms with Crippen molar-refractivity contribution < 1.29 is 17.9 Å². The molecule has 1 aromatic carbocycles. The molecule has 1 amide bonds. The van der Waals surface area contributed by atoms with Crippen molar-refractivity contribution in [2.24, 2.45) is 5.92 Å². The number of carbonyl (C=O) groups excluding carboxylic acids is 1. The molecule has 1 aliphatic rings. The van der Waals surface area contributed by atoms with Gasteiger partial charge in [0, 0.05) is 13.1 Å². The predicted molar refractivity (Wildman–Crippen MR) is 87.4 cm³/mol. The van der Waals surface area contributed by atoms with Gasteiger partial charge < -0.3 is 9.64 Å². The van der Waals surface area contributed by atoms with Crippen LogP contribution < -0.4 is 4.72 Å². The highest BCUT2D eigenvalue weighted by atomic mass is 32.2. The minimum Gasteiger partial charge on any atom is -0.378 e. The number of morpholine rings is 1. The highest BCUT2D eigenvalue weighted by molar-refractivity contribution is 7.89. The lowest BCUT2D eigenvalue weighted by Gasteiger charge is -2.31. The number of sulfonamides is 1. The molecule has 1 heterocycles. The summed E-state index contributed by atoms with van der Waals surface area (Å²) in [5.41, 5.74) is 0. The first kappa shape index (κ1) is 17.9. The second kappa shape index (κ2) is 7.90. The minimum absolute atomic E-state index is 0.170. The number of hydrogen-bond acceptors (Lipinski definition) is 4. The Balaban J connectivity index is 2.16. The summed E-state index contributed by atoms with van der Waals surface area (Å²) < 4.78 is 32.8. The monoisotopic (exact) mass is 340 g/mol. The van der Waals surface area contributed by atoms with Crippen LogP contribution in [0.15, 0.2) is 35.2 Å². The fraction of sp³-hybridized carbons (Fsp3) is 0.562. The molecular weight excluding hydrogens is 316 g/mol. The van der Waals surface area contributed by atoms with Gasteiger partial charge in [-0.15, -0.1) is 0 Å². The highest BCUT2D eigenvalue weighted by Gasteiger charge is 2.30. The van der Waals surface area contributed by atoms with Crippen molar-refractivity contribution >= 4 is 15.9 Å². The van der Waals surface area contributed by atoms with E-state index < -0.39 is 16.1 Å². The number of carbonyl (C=O) groups is 1. The predicted octanol–water partition coefficient (Wildman–Crippen LogP) is 1.24. The van der Waals surface area contributed by atoms with Crippen molar-refractivity contribution in [2.45, 2.75) is 31.2 Å². The third-order valence-corrected chi connectivity index (χ3v) is 5.17. The van der Waals surface area contributed by atoms with E-state index in [2.05, 4.69) is 4.72 Å². The Hall–Kier alpha value is -1.44. The molecule has 0 saturated carbocycles. The molecule has 0 bridgehead atoms. The van der Waals surface area contributed by atoms with Gasteiger partial charge in [-0.25, -0.2) is 8.42 Å². The number of benzene rings is 1. The van der Waals surface area contributed by atoms with Gasteiger partial charge in [0.15, 0.2) is 0 Å². The second-order valence-corrected chi connectivity index (χ2v) is 7.77. The fourth-order valence-electron chi connectivity index (χ4n) is 2.53. The summed E-state index contributed by atoms with van der Waals surface area (Å²) in [5, 5.41) is 0. The van der Waals surface area contributed by atoms with Crippen molar-refractivity contribution in [3.8, 4) is 0 Å². The van der Waals surface area contributed by atoms with Gasteiger partial charge in [0.25, 0.3) is 0 Å². The summed E-state index contributed by atoms with van der Waals surface area (Å²) in [6.45, 7) is 5.92. The first-order chi connectivity index (χ1) is 10.9. The fourth-order valence-corrected chi connectivity index (χ4v) is 3.75. The summed E-state index contributed by atoms with van der Waals surface area (Å²) in [7, 11) is -3.72. The Kier molecular flexibility index (Phi) is 6.15. The highest BCUT2D eigenvalue weighted by Crippen LogP contribution is 2.14. The number of amides is 1. The largest absolute Gasteiger partial charge is 0.378 e. The number of hydrogen-bond donors (Lipinski definition) is 1. The van der Waals surface area contributed by atoms with E-state index in [9.17, 15) is 13.2 Å². The summed E-state index contributed by atoms with van der Waals surface area (Å²) in [5.74, 6) is 0.0185. The Morgan fingerprint density at radius 2 is 1.83 bits per heavy atom. The Bertz CT molecular complexity index is 610. The molecule has 0 unspecified atom stereocenters. The van der Waals surface area contributed by atoms with Crippen LogP contribution in [0.5, 0.6) is 0 Å². The maximum absolute atomic E-state index is 12.7. The molecular formula is C16H24N2O4S. The van der Waals surface area contributed by atoms with Gasteiger partial charge in [0.2, 0.25) is 15.9 Å². The summed E-state index contributed by atoms with van der Waals surface area (Å²) >= 11 is 0. The molecule has 6 nitrogen and oxygen atoms in total. The van der Waals surface area contributed by atoms with Crippen molar-refractivity contribution in [2.75, 3.05) is 26.3 Å². The lowest BCUT2D eigenvalue weighted by atomic mass is 10.0. The van der Waals surface area contributed by atoms with Crippen LogP contribution in [0.1, 0.15) is 20.3 Å². The molecule has 1 atom stereocenters. The second-order valence-electron chi connectivity index (χ2n) is 6.05. The zero-order chi connectivity index (χ0) is 16.9. The summed E-state index contributed by atoms with van der Waals surface area (Å²) in [6, 6.07) is 7.37. The minimum atomic E-state index is -3.72. The standard InChI is InChI=1S/C16H24N2O4S/c1-13(2)12-15(16(19)18-8-10-22-11-9-18)17-23(20,21)14-6-4-3-5-7-14/h3-7,13,15,17H,8-12H2,1-2H3/t15-/m1/s1. The molecule has 128 valence electrons. The van der Waals surface area contributed by atoms with E-state index >= 15 is 0 Å². The molecule has 1 fully saturated rings. The maximum Gasteiger partial charge on any atom is 0.241 e. The lowest BCUT2D eigenvalue weighted by molar-refractivity contribution is -0.137. The van der Waals surface area contributed by atoms with Crippen LogP contribution >= 0.6 is 0 Å². The normalized spacial score (nSPS) is 17.3. The van der Waals surface area contributed by atoms with E-state index in [0.717, 1.165) is 0 Å². The van der Waals surface area contributed by atoms with Crippen molar-refractivity contribution in [1.29, 1.82) is 0 Å². The van der Waals surface area contributed by atoms with Crippen LogP contribution in [0.25, 0.3) is 0 Å². The molecule has 1 aliphatic heterocycles. The van der Waals surface area contributed by atoms with Crippen LogP contribution in [0.4, 0.5) is 0 Å². The number of nitrogens with one attached hydrogen (secondary N) is 1. The van der Waals surface area contributed by atoms with E-state index in [1.165, 1.54) is 12.1 Å². The first-order valence-electron chi connectivity index (χ1n) is 7.84. The average molecular weight is 340 g/mol. The maximum atomic E-state index is 12.7. The number of nitrogens with zero attached hydrogens (tertiary/aromatic N) is 1. The molecule has 0 radical (unpaired) electrons. The molecule has 23 heavy (non-hydrogen) atoms. The molecule has 0 aromatic heterocycles. The van der Waals surface area contributed by atoms with Crippen LogP contribution in [0.3, 0.4) is 0 Å². The third kappa shape index (κ3) is 5.02. The van der Waals surface area contributed by atoms with Gasteiger partial charge in [-0.3, -0.25) is 4.79 Å². The van der Waals surface area contributed by atoms with Gasteiger partial charge in [-0.2, -0.15) is 4.72 Å².